The van der Waals surface area contributed by atoms with Gasteiger partial charge in [0.05, 0.1) is 24.0 Å². The highest BCUT2D eigenvalue weighted by Gasteiger charge is 2.29. The molecule has 0 amide bonds. The van der Waals surface area contributed by atoms with E-state index in [1.165, 1.54) is 24.4 Å². The molecule has 0 aliphatic heterocycles. The zero-order valence-electron chi connectivity index (χ0n) is 16.2. The van der Waals surface area contributed by atoms with Crippen molar-refractivity contribution >= 4 is 17.0 Å². The summed E-state index contributed by atoms with van der Waals surface area (Å²) in [5.41, 5.74) is 8.12. The van der Waals surface area contributed by atoms with E-state index in [1.807, 2.05) is 0 Å². The average molecular weight is 416 g/mol. The summed E-state index contributed by atoms with van der Waals surface area (Å²) in [4.78, 5) is 0. The molecule has 30 heavy (non-hydrogen) atoms. The summed E-state index contributed by atoms with van der Waals surface area (Å²) >= 11 is 0. The van der Waals surface area contributed by atoms with Crippen molar-refractivity contribution in [3.05, 3.63) is 90.6 Å². The maximum absolute atomic E-state index is 12.8. The van der Waals surface area contributed by atoms with Crippen LogP contribution in [-0.4, -0.2) is 29.0 Å². The van der Waals surface area contributed by atoms with Crippen LogP contribution in [0.4, 0.5) is 18.9 Å². The van der Waals surface area contributed by atoms with Gasteiger partial charge in [0, 0.05) is 35.3 Å². The number of allylic oxidation sites excluding steroid dienone is 3. The van der Waals surface area contributed by atoms with Gasteiger partial charge in [0.2, 0.25) is 0 Å². The molecule has 2 aromatic rings. The van der Waals surface area contributed by atoms with Gasteiger partial charge >= 0.3 is 6.18 Å². The molecule has 0 fully saturated rings. The fraction of sp³-hybridized carbons (Fsp3) is 0.143. The second-order valence-electron chi connectivity index (χ2n) is 6.23. The summed E-state index contributed by atoms with van der Waals surface area (Å²) in [5, 5.41) is 21.2. The topological polar surface area (TPSA) is 103 Å². The molecule has 158 valence electrons. The SMILES string of the molecule is C=CC(=C)NCC(=N)/C(CNc1ccc(C(F)(F)F)cc1)=C(/C=C\N)c1cn[nH]c1. The molecule has 1 aromatic heterocycles. The van der Waals surface area contributed by atoms with Crippen LogP contribution >= 0.6 is 0 Å². The third-order valence-electron chi connectivity index (χ3n) is 4.18. The quantitative estimate of drug-likeness (QED) is 0.298. The van der Waals surface area contributed by atoms with Gasteiger partial charge < -0.3 is 21.8 Å². The number of H-pyrrole nitrogens is 1. The lowest BCUT2D eigenvalue weighted by Gasteiger charge is -2.17. The monoisotopic (exact) mass is 416 g/mol. The Balaban J connectivity index is 2.31. The van der Waals surface area contributed by atoms with Gasteiger partial charge in [-0.3, -0.25) is 5.10 Å². The minimum absolute atomic E-state index is 0.175. The predicted molar refractivity (Wildman–Crippen MR) is 114 cm³/mol. The van der Waals surface area contributed by atoms with Crippen LogP contribution in [0.25, 0.3) is 5.57 Å². The smallest absolute Gasteiger partial charge is 0.405 e. The first-order valence-corrected chi connectivity index (χ1v) is 8.91. The van der Waals surface area contributed by atoms with Gasteiger partial charge in [-0.2, -0.15) is 18.3 Å². The number of hydrogen-bond donors (Lipinski definition) is 5. The van der Waals surface area contributed by atoms with E-state index < -0.39 is 11.7 Å². The van der Waals surface area contributed by atoms with Gasteiger partial charge in [0.25, 0.3) is 0 Å². The molecule has 2 rings (SSSR count). The molecule has 0 aliphatic carbocycles. The second kappa shape index (κ2) is 10.1. The summed E-state index contributed by atoms with van der Waals surface area (Å²) in [5.74, 6) is 0. The maximum Gasteiger partial charge on any atom is 0.416 e. The molecule has 0 radical (unpaired) electrons. The number of rotatable bonds is 10. The first-order valence-electron chi connectivity index (χ1n) is 8.91. The average Bonchev–Trinajstić information content (AvgIpc) is 3.25. The third-order valence-corrected chi connectivity index (χ3v) is 4.18. The van der Waals surface area contributed by atoms with E-state index >= 15 is 0 Å². The molecular formula is C21H23F3N6. The Hall–Kier alpha value is -3.75. The van der Waals surface area contributed by atoms with Gasteiger partial charge in [-0.15, -0.1) is 0 Å². The number of nitrogens with one attached hydrogen (secondary N) is 4. The fourth-order valence-corrected chi connectivity index (χ4v) is 2.58. The van der Waals surface area contributed by atoms with Crippen molar-refractivity contribution in [2.45, 2.75) is 6.18 Å². The molecule has 0 saturated heterocycles. The van der Waals surface area contributed by atoms with Crippen molar-refractivity contribution in [1.82, 2.24) is 15.5 Å². The van der Waals surface area contributed by atoms with E-state index in [9.17, 15) is 13.2 Å². The molecule has 0 atom stereocenters. The van der Waals surface area contributed by atoms with Crippen LogP contribution in [0.1, 0.15) is 11.1 Å². The van der Waals surface area contributed by atoms with Crippen molar-refractivity contribution in [2.75, 3.05) is 18.4 Å². The number of aromatic amines is 1. The highest BCUT2D eigenvalue weighted by atomic mass is 19.4. The minimum Gasteiger partial charge on any atom is -0.405 e. The molecule has 0 saturated carbocycles. The Labute approximate surface area is 172 Å². The molecule has 0 aliphatic rings. The molecule has 6 N–H and O–H groups in total. The van der Waals surface area contributed by atoms with E-state index in [0.717, 1.165) is 12.1 Å². The van der Waals surface area contributed by atoms with Crippen molar-refractivity contribution < 1.29 is 13.2 Å². The minimum atomic E-state index is -4.40. The van der Waals surface area contributed by atoms with Crippen LogP contribution in [0.5, 0.6) is 0 Å². The summed E-state index contributed by atoms with van der Waals surface area (Å²) in [6.45, 7) is 7.72. The largest absolute Gasteiger partial charge is 0.416 e. The molecule has 0 spiro atoms. The first-order chi connectivity index (χ1) is 14.3. The number of anilines is 1. The Morgan fingerprint density at radius 2 is 1.93 bits per heavy atom. The van der Waals surface area contributed by atoms with Gasteiger partial charge in [-0.05, 0) is 48.2 Å². The highest BCUT2D eigenvalue weighted by Crippen LogP contribution is 2.30. The van der Waals surface area contributed by atoms with Gasteiger partial charge in [0.1, 0.15) is 0 Å². The Morgan fingerprint density at radius 1 is 1.23 bits per heavy atom. The number of hydrogen-bond acceptors (Lipinski definition) is 5. The normalized spacial score (nSPS) is 12.4. The molecule has 0 bridgehead atoms. The van der Waals surface area contributed by atoms with Crippen LogP contribution < -0.4 is 16.4 Å². The lowest BCUT2D eigenvalue weighted by molar-refractivity contribution is -0.137. The number of benzene rings is 1. The van der Waals surface area contributed by atoms with Crippen LogP contribution in [0, 0.1) is 5.41 Å². The molecule has 0 unspecified atom stereocenters. The van der Waals surface area contributed by atoms with Crippen molar-refractivity contribution in [1.29, 1.82) is 5.41 Å². The second-order valence-corrected chi connectivity index (χ2v) is 6.23. The zero-order valence-corrected chi connectivity index (χ0v) is 16.2. The summed E-state index contributed by atoms with van der Waals surface area (Å²) < 4.78 is 38.3. The van der Waals surface area contributed by atoms with Crippen molar-refractivity contribution in [3.63, 3.8) is 0 Å². The fourth-order valence-electron chi connectivity index (χ4n) is 2.58. The van der Waals surface area contributed by atoms with E-state index in [0.29, 0.717) is 28.1 Å². The standard InChI is InChI=1S/C21H23F3N6/c1-3-14(2)27-13-20(26)19(18(8-9-25)15-10-29-30-11-15)12-28-17-6-4-16(5-7-17)21(22,23)24/h3-11,26-28H,1-2,12-13,25H2,(H,29,30)/b9-8-,19-18-,26-20?. The van der Waals surface area contributed by atoms with Crippen LogP contribution in [0.15, 0.2) is 79.4 Å². The predicted octanol–water partition coefficient (Wildman–Crippen LogP) is 4.08. The van der Waals surface area contributed by atoms with Crippen molar-refractivity contribution in [3.8, 4) is 0 Å². The van der Waals surface area contributed by atoms with Crippen molar-refractivity contribution in [2.24, 2.45) is 5.73 Å². The highest BCUT2D eigenvalue weighted by molar-refractivity contribution is 6.08. The van der Waals surface area contributed by atoms with Gasteiger partial charge in [0.15, 0.2) is 0 Å². The number of nitrogens with two attached hydrogens (primary N) is 1. The Bertz CT molecular complexity index is 938. The third kappa shape index (κ3) is 6.13. The van der Waals surface area contributed by atoms with E-state index in [4.69, 9.17) is 11.1 Å². The Kier molecular flexibility index (Phi) is 7.62. The first kappa shape index (κ1) is 22.5. The van der Waals surface area contributed by atoms with E-state index in [-0.39, 0.29) is 18.8 Å². The van der Waals surface area contributed by atoms with E-state index in [2.05, 4.69) is 34.0 Å². The molecule has 6 nitrogen and oxygen atoms in total. The zero-order chi connectivity index (χ0) is 22.1. The van der Waals surface area contributed by atoms with E-state index in [1.54, 1.807) is 18.5 Å². The molecular weight excluding hydrogens is 393 g/mol. The molecule has 1 aromatic carbocycles. The Morgan fingerprint density at radius 3 is 2.47 bits per heavy atom. The number of alkyl halides is 3. The van der Waals surface area contributed by atoms with Crippen LogP contribution in [0.3, 0.4) is 0 Å². The molecule has 9 heteroatoms. The summed E-state index contributed by atoms with van der Waals surface area (Å²) in [6.07, 6.45) is 3.39. The van der Waals surface area contributed by atoms with Crippen LogP contribution in [0.2, 0.25) is 0 Å². The van der Waals surface area contributed by atoms with Crippen LogP contribution in [-0.2, 0) is 6.18 Å². The maximum atomic E-state index is 12.8. The summed E-state index contributed by atoms with van der Waals surface area (Å²) in [6, 6.07) is 4.70. The molecule has 1 heterocycles. The van der Waals surface area contributed by atoms with Gasteiger partial charge in [-0.25, -0.2) is 0 Å². The summed E-state index contributed by atoms with van der Waals surface area (Å²) in [7, 11) is 0. The number of aromatic nitrogens is 2. The van der Waals surface area contributed by atoms with Gasteiger partial charge in [-0.1, -0.05) is 13.2 Å². The number of nitrogens with zero attached hydrogens (tertiary/aromatic N) is 1. The lowest BCUT2D eigenvalue weighted by Crippen LogP contribution is -2.25. The number of halogens is 3. The lowest BCUT2D eigenvalue weighted by atomic mass is 9.98.